The number of benzene rings is 2. The minimum Gasteiger partial charge on any atom is -0.481 e. The van der Waals surface area contributed by atoms with E-state index in [2.05, 4.69) is 0 Å². The monoisotopic (exact) mass is 281 g/mol. The maximum Gasteiger partial charge on any atom is 0.304 e. The van der Waals surface area contributed by atoms with Crippen LogP contribution in [0.3, 0.4) is 0 Å². The predicted molar refractivity (Wildman–Crippen MR) is 79.6 cm³/mol. The number of rotatable bonds is 3. The van der Waals surface area contributed by atoms with Crippen LogP contribution in [-0.4, -0.2) is 17.0 Å². The Morgan fingerprint density at radius 1 is 1.10 bits per heavy atom. The molecule has 1 heterocycles. The number of anilines is 2. The number of carbonyl (C=O) groups is 2. The standard InChI is InChI=1S/C17H15NO3/c1-17(11-15(19)20)13-9-5-6-10-14(13)18(16(17)21)12-7-3-2-4-8-12/h2-10H,11H2,1H3,(H,19,20). The number of carbonyl (C=O) groups excluding carboxylic acids is 1. The Morgan fingerprint density at radius 3 is 2.38 bits per heavy atom. The maximum absolute atomic E-state index is 12.9. The predicted octanol–water partition coefficient (Wildman–Crippen LogP) is 3.10. The molecule has 1 N–H and O–H groups in total. The zero-order chi connectivity index (χ0) is 15.0. The van der Waals surface area contributed by atoms with Gasteiger partial charge in [0.25, 0.3) is 0 Å². The number of hydrogen-bond acceptors (Lipinski definition) is 2. The molecule has 4 nitrogen and oxygen atoms in total. The van der Waals surface area contributed by atoms with Crippen molar-refractivity contribution in [3.8, 4) is 0 Å². The lowest BCUT2D eigenvalue weighted by Gasteiger charge is -2.22. The van der Waals surface area contributed by atoms with Gasteiger partial charge < -0.3 is 5.11 Å². The molecule has 2 aromatic carbocycles. The van der Waals surface area contributed by atoms with Gasteiger partial charge in [-0.3, -0.25) is 14.5 Å². The number of para-hydroxylation sites is 2. The van der Waals surface area contributed by atoms with Gasteiger partial charge in [0.15, 0.2) is 0 Å². The van der Waals surface area contributed by atoms with Crippen molar-refractivity contribution < 1.29 is 14.7 Å². The summed E-state index contributed by atoms with van der Waals surface area (Å²) < 4.78 is 0. The smallest absolute Gasteiger partial charge is 0.304 e. The Hall–Kier alpha value is -2.62. The first kappa shape index (κ1) is 13.4. The quantitative estimate of drug-likeness (QED) is 0.940. The summed E-state index contributed by atoms with van der Waals surface area (Å²) in [5.41, 5.74) is 1.25. The van der Waals surface area contributed by atoms with Gasteiger partial charge in [0.1, 0.15) is 0 Å². The average molecular weight is 281 g/mol. The Bertz CT molecular complexity index is 711. The number of aliphatic carboxylic acids is 1. The van der Waals surface area contributed by atoms with E-state index < -0.39 is 11.4 Å². The molecule has 4 heteroatoms. The van der Waals surface area contributed by atoms with Crippen LogP contribution in [0.4, 0.5) is 11.4 Å². The number of amides is 1. The molecule has 1 unspecified atom stereocenters. The number of fused-ring (bicyclic) bond motifs is 1. The van der Waals surface area contributed by atoms with Crippen molar-refractivity contribution in [3.05, 3.63) is 60.2 Å². The van der Waals surface area contributed by atoms with Crippen LogP contribution in [0.1, 0.15) is 18.9 Å². The van der Waals surface area contributed by atoms with Gasteiger partial charge >= 0.3 is 5.97 Å². The molecule has 0 saturated heterocycles. The van der Waals surface area contributed by atoms with Gasteiger partial charge in [0.05, 0.1) is 17.5 Å². The van der Waals surface area contributed by atoms with Gasteiger partial charge in [-0.1, -0.05) is 36.4 Å². The van der Waals surface area contributed by atoms with Gasteiger partial charge in [-0.05, 0) is 30.7 Å². The average Bonchev–Trinajstić information content (AvgIpc) is 2.68. The molecule has 0 aromatic heterocycles. The summed E-state index contributed by atoms with van der Waals surface area (Å²) in [4.78, 5) is 25.7. The number of carboxylic acid groups (broad SMARTS) is 1. The molecule has 21 heavy (non-hydrogen) atoms. The van der Waals surface area contributed by atoms with Crippen LogP contribution in [-0.2, 0) is 15.0 Å². The van der Waals surface area contributed by atoms with Crippen molar-refractivity contribution >= 4 is 23.3 Å². The molecule has 0 aliphatic carbocycles. The minimum absolute atomic E-state index is 0.197. The fourth-order valence-corrected chi connectivity index (χ4v) is 2.91. The van der Waals surface area contributed by atoms with Crippen molar-refractivity contribution in [1.82, 2.24) is 0 Å². The second kappa shape index (κ2) is 4.74. The molecular weight excluding hydrogens is 266 g/mol. The van der Waals surface area contributed by atoms with E-state index in [9.17, 15) is 9.59 Å². The summed E-state index contributed by atoms with van der Waals surface area (Å²) in [6.07, 6.45) is -0.216. The highest BCUT2D eigenvalue weighted by molar-refractivity contribution is 6.13. The van der Waals surface area contributed by atoms with Gasteiger partial charge in [0.2, 0.25) is 5.91 Å². The van der Waals surface area contributed by atoms with Crippen LogP contribution in [0.5, 0.6) is 0 Å². The fraction of sp³-hybridized carbons (Fsp3) is 0.176. The first-order valence-corrected chi connectivity index (χ1v) is 6.75. The summed E-state index contributed by atoms with van der Waals surface area (Å²) in [5.74, 6) is -1.17. The SMILES string of the molecule is CC1(CC(=O)O)C(=O)N(c2ccccc2)c2ccccc21. The van der Waals surface area contributed by atoms with E-state index in [1.807, 2.05) is 54.6 Å². The lowest BCUT2D eigenvalue weighted by atomic mass is 9.81. The molecule has 0 spiro atoms. The van der Waals surface area contributed by atoms with Gasteiger partial charge in [-0.25, -0.2) is 0 Å². The molecule has 1 atom stereocenters. The van der Waals surface area contributed by atoms with Gasteiger partial charge in [-0.15, -0.1) is 0 Å². The topological polar surface area (TPSA) is 57.6 Å². The largest absolute Gasteiger partial charge is 0.481 e. The lowest BCUT2D eigenvalue weighted by molar-refractivity contribution is -0.140. The summed E-state index contributed by atoms with van der Waals surface area (Å²) in [5, 5.41) is 9.17. The van der Waals surface area contributed by atoms with Crippen LogP contribution in [0.15, 0.2) is 54.6 Å². The van der Waals surface area contributed by atoms with Crippen LogP contribution in [0.2, 0.25) is 0 Å². The van der Waals surface area contributed by atoms with Crippen molar-refractivity contribution in [2.75, 3.05) is 4.90 Å². The summed E-state index contributed by atoms with van der Waals surface area (Å²) in [7, 11) is 0. The molecule has 1 aliphatic heterocycles. The third-order valence-corrected chi connectivity index (χ3v) is 3.93. The summed E-state index contributed by atoms with van der Waals surface area (Å²) in [6, 6.07) is 16.7. The van der Waals surface area contributed by atoms with E-state index in [4.69, 9.17) is 5.11 Å². The third kappa shape index (κ3) is 2.00. The molecule has 2 aromatic rings. The summed E-state index contributed by atoms with van der Waals surface area (Å²) >= 11 is 0. The maximum atomic E-state index is 12.9. The molecule has 1 aliphatic rings. The molecule has 3 rings (SSSR count). The number of hydrogen-bond donors (Lipinski definition) is 1. The van der Waals surface area contributed by atoms with Gasteiger partial charge in [-0.2, -0.15) is 0 Å². The number of nitrogens with zero attached hydrogens (tertiary/aromatic N) is 1. The zero-order valence-corrected chi connectivity index (χ0v) is 11.6. The second-order valence-corrected chi connectivity index (χ2v) is 5.40. The van der Waals surface area contributed by atoms with Crippen LogP contribution >= 0.6 is 0 Å². The van der Waals surface area contributed by atoms with E-state index in [0.717, 1.165) is 16.9 Å². The van der Waals surface area contributed by atoms with Gasteiger partial charge in [0, 0.05) is 5.69 Å². The van der Waals surface area contributed by atoms with Crippen LogP contribution < -0.4 is 4.90 Å². The molecule has 0 bridgehead atoms. The Balaban J connectivity index is 2.17. The van der Waals surface area contributed by atoms with Crippen molar-refractivity contribution in [3.63, 3.8) is 0 Å². The van der Waals surface area contributed by atoms with Crippen molar-refractivity contribution in [2.45, 2.75) is 18.8 Å². The Labute approximate surface area is 122 Å². The van der Waals surface area contributed by atoms with Crippen LogP contribution in [0, 0.1) is 0 Å². The highest BCUT2D eigenvalue weighted by Crippen LogP contribution is 2.46. The molecule has 0 radical (unpaired) electrons. The molecule has 0 fully saturated rings. The van der Waals surface area contributed by atoms with Crippen molar-refractivity contribution in [1.29, 1.82) is 0 Å². The van der Waals surface area contributed by atoms with E-state index in [0.29, 0.717) is 0 Å². The highest BCUT2D eigenvalue weighted by Gasteiger charge is 2.48. The van der Waals surface area contributed by atoms with E-state index in [1.54, 1.807) is 11.8 Å². The molecular formula is C17H15NO3. The Kier molecular flexibility index (Phi) is 3.01. The van der Waals surface area contributed by atoms with Crippen molar-refractivity contribution in [2.24, 2.45) is 0 Å². The van der Waals surface area contributed by atoms with Crippen LogP contribution in [0.25, 0.3) is 0 Å². The second-order valence-electron chi connectivity index (χ2n) is 5.40. The normalized spacial score (nSPS) is 20.4. The summed E-state index contributed by atoms with van der Waals surface area (Å²) in [6.45, 7) is 1.70. The zero-order valence-electron chi connectivity index (χ0n) is 11.6. The third-order valence-electron chi connectivity index (χ3n) is 3.93. The Morgan fingerprint density at radius 2 is 1.71 bits per heavy atom. The van der Waals surface area contributed by atoms with E-state index >= 15 is 0 Å². The number of carboxylic acids is 1. The first-order valence-electron chi connectivity index (χ1n) is 6.75. The van der Waals surface area contributed by atoms with E-state index in [1.165, 1.54) is 0 Å². The fourth-order valence-electron chi connectivity index (χ4n) is 2.91. The highest BCUT2D eigenvalue weighted by atomic mass is 16.4. The lowest BCUT2D eigenvalue weighted by Crippen LogP contribution is -2.37. The first-order chi connectivity index (χ1) is 10.0. The van der Waals surface area contributed by atoms with E-state index in [-0.39, 0.29) is 12.3 Å². The molecule has 1 amide bonds. The molecule has 106 valence electrons. The molecule has 0 saturated carbocycles. The minimum atomic E-state index is -1.03.